The minimum absolute atomic E-state index is 0.225. The second-order valence-corrected chi connectivity index (χ2v) is 5.93. The van der Waals surface area contributed by atoms with Crippen LogP contribution in [0.5, 0.6) is 5.75 Å². The van der Waals surface area contributed by atoms with Gasteiger partial charge in [0, 0.05) is 0 Å². The molecular formula is C19H24N3O2+. The van der Waals surface area contributed by atoms with Crippen LogP contribution in [-0.2, 0) is 13.1 Å². The molecule has 0 saturated carbocycles. The molecule has 5 heteroatoms. The van der Waals surface area contributed by atoms with Crippen molar-refractivity contribution < 1.29 is 14.4 Å². The number of aliphatic hydroxyl groups excluding tert-OH is 1. The second-order valence-electron chi connectivity index (χ2n) is 5.93. The molecule has 0 aliphatic carbocycles. The maximum atomic E-state index is 10.4. The molecule has 0 saturated heterocycles. The Morgan fingerprint density at radius 3 is 2.62 bits per heavy atom. The number of aryl methyl sites for hydroxylation is 2. The number of hydrogen-bond donors (Lipinski definition) is 2. The van der Waals surface area contributed by atoms with E-state index in [9.17, 15) is 5.11 Å². The first-order chi connectivity index (χ1) is 11.6. The van der Waals surface area contributed by atoms with E-state index in [0.29, 0.717) is 12.5 Å². The number of nitrogens with two attached hydrogens (primary N) is 1. The third-order valence-electron chi connectivity index (χ3n) is 4.25. The zero-order valence-electron chi connectivity index (χ0n) is 14.1. The third kappa shape index (κ3) is 3.08. The van der Waals surface area contributed by atoms with Crippen LogP contribution >= 0.6 is 0 Å². The van der Waals surface area contributed by atoms with Crippen LogP contribution in [0.2, 0.25) is 0 Å². The van der Waals surface area contributed by atoms with Crippen molar-refractivity contribution >= 4 is 17.0 Å². The number of nitrogens with zero attached hydrogens (tertiary/aromatic N) is 2. The molecule has 0 fully saturated rings. The van der Waals surface area contributed by atoms with Crippen molar-refractivity contribution in [3.8, 4) is 5.75 Å². The number of para-hydroxylation sites is 3. The van der Waals surface area contributed by atoms with Crippen molar-refractivity contribution in [2.24, 2.45) is 0 Å². The summed E-state index contributed by atoms with van der Waals surface area (Å²) < 4.78 is 9.74. The number of fused-ring (bicyclic) bond motifs is 1. The summed E-state index contributed by atoms with van der Waals surface area (Å²) in [7, 11) is 0. The largest absolute Gasteiger partial charge is 0.490 e. The van der Waals surface area contributed by atoms with Gasteiger partial charge in [0.1, 0.15) is 36.0 Å². The molecule has 3 rings (SSSR count). The molecule has 1 unspecified atom stereocenters. The minimum atomic E-state index is -0.645. The van der Waals surface area contributed by atoms with Gasteiger partial charge in [-0.1, -0.05) is 30.3 Å². The fourth-order valence-electron chi connectivity index (χ4n) is 3.01. The smallest absolute Gasteiger partial charge is 0.356 e. The fourth-order valence-corrected chi connectivity index (χ4v) is 3.01. The van der Waals surface area contributed by atoms with Crippen LogP contribution in [0, 0.1) is 6.92 Å². The zero-order chi connectivity index (χ0) is 17.1. The topological polar surface area (TPSA) is 64.3 Å². The van der Waals surface area contributed by atoms with Gasteiger partial charge < -0.3 is 9.84 Å². The van der Waals surface area contributed by atoms with Crippen molar-refractivity contribution in [2.75, 3.05) is 12.3 Å². The van der Waals surface area contributed by atoms with Crippen molar-refractivity contribution in [1.82, 2.24) is 4.57 Å². The lowest BCUT2D eigenvalue weighted by Crippen LogP contribution is -2.43. The summed E-state index contributed by atoms with van der Waals surface area (Å²) in [5, 5.41) is 10.4. The fraction of sp³-hybridized carbons (Fsp3) is 0.316. The van der Waals surface area contributed by atoms with E-state index in [1.54, 1.807) is 0 Å². The van der Waals surface area contributed by atoms with E-state index in [1.165, 1.54) is 0 Å². The molecule has 2 aromatic carbocycles. The summed E-state index contributed by atoms with van der Waals surface area (Å²) >= 11 is 0. The van der Waals surface area contributed by atoms with E-state index in [4.69, 9.17) is 10.5 Å². The molecule has 0 aliphatic rings. The molecule has 1 heterocycles. The van der Waals surface area contributed by atoms with E-state index in [1.807, 2.05) is 64.6 Å². The molecule has 5 nitrogen and oxygen atoms in total. The Morgan fingerprint density at radius 2 is 1.88 bits per heavy atom. The van der Waals surface area contributed by atoms with Gasteiger partial charge in [-0.05, 0) is 37.6 Å². The predicted octanol–water partition coefficient (Wildman–Crippen LogP) is 2.28. The molecule has 0 radical (unpaired) electrons. The monoisotopic (exact) mass is 326 g/mol. The first-order valence-electron chi connectivity index (χ1n) is 8.24. The number of rotatable bonds is 6. The summed E-state index contributed by atoms with van der Waals surface area (Å²) in [4.78, 5) is 0. The predicted molar refractivity (Wildman–Crippen MR) is 94.9 cm³/mol. The molecule has 3 N–H and O–H groups in total. The molecule has 3 aromatic rings. The zero-order valence-corrected chi connectivity index (χ0v) is 14.1. The van der Waals surface area contributed by atoms with Crippen LogP contribution in [0.4, 0.5) is 5.95 Å². The van der Waals surface area contributed by atoms with E-state index in [2.05, 4.69) is 6.92 Å². The highest BCUT2D eigenvalue weighted by Gasteiger charge is 2.22. The van der Waals surface area contributed by atoms with Crippen LogP contribution < -0.4 is 15.0 Å². The SMILES string of the molecule is CCn1c(N)[n+](CC(O)COc2ccccc2C)c2ccccc21. The van der Waals surface area contributed by atoms with Gasteiger partial charge in [0.2, 0.25) is 0 Å². The lowest BCUT2D eigenvalue weighted by molar-refractivity contribution is -0.665. The van der Waals surface area contributed by atoms with Crippen LogP contribution in [0.25, 0.3) is 11.0 Å². The van der Waals surface area contributed by atoms with E-state index in [-0.39, 0.29) is 6.61 Å². The highest BCUT2D eigenvalue weighted by Crippen LogP contribution is 2.18. The molecule has 1 atom stereocenters. The average molecular weight is 326 g/mol. The van der Waals surface area contributed by atoms with Gasteiger partial charge in [-0.3, -0.25) is 5.73 Å². The summed E-state index contributed by atoms with van der Waals surface area (Å²) in [6, 6.07) is 15.8. The molecule has 0 amide bonds. The minimum Gasteiger partial charge on any atom is -0.490 e. The van der Waals surface area contributed by atoms with E-state index < -0.39 is 6.10 Å². The number of ether oxygens (including phenoxy) is 1. The quantitative estimate of drug-likeness (QED) is 0.683. The maximum Gasteiger partial charge on any atom is 0.356 e. The molecule has 0 bridgehead atoms. The number of imidazole rings is 1. The number of aromatic nitrogens is 2. The molecule has 24 heavy (non-hydrogen) atoms. The Labute approximate surface area is 141 Å². The summed E-state index contributed by atoms with van der Waals surface area (Å²) in [6.45, 7) is 5.46. The number of anilines is 1. The van der Waals surface area contributed by atoms with Crippen molar-refractivity contribution in [1.29, 1.82) is 0 Å². The van der Waals surface area contributed by atoms with Crippen LogP contribution in [-0.4, -0.2) is 22.4 Å². The Balaban J connectivity index is 1.77. The molecular weight excluding hydrogens is 302 g/mol. The van der Waals surface area contributed by atoms with Crippen molar-refractivity contribution in [3.63, 3.8) is 0 Å². The second kappa shape index (κ2) is 6.93. The Morgan fingerprint density at radius 1 is 1.17 bits per heavy atom. The van der Waals surface area contributed by atoms with Crippen molar-refractivity contribution in [2.45, 2.75) is 33.0 Å². The first kappa shape index (κ1) is 16.3. The summed E-state index contributed by atoms with van der Waals surface area (Å²) in [5.41, 5.74) is 9.43. The van der Waals surface area contributed by atoms with E-state index >= 15 is 0 Å². The maximum absolute atomic E-state index is 10.4. The third-order valence-corrected chi connectivity index (χ3v) is 4.25. The van der Waals surface area contributed by atoms with Crippen LogP contribution in [0.15, 0.2) is 48.5 Å². The molecule has 126 valence electrons. The van der Waals surface area contributed by atoms with Gasteiger partial charge in [0.05, 0.1) is 6.54 Å². The van der Waals surface area contributed by atoms with Gasteiger partial charge in [0.15, 0.2) is 0 Å². The number of benzene rings is 2. The summed E-state index contributed by atoms with van der Waals surface area (Å²) in [5.74, 6) is 1.44. The lowest BCUT2D eigenvalue weighted by atomic mass is 10.2. The van der Waals surface area contributed by atoms with Crippen molar-refractivity contribution in [3.05, 3.63) is 54.1 Å². The number of aliphatic hydroxyl groups is 1. The van der Waals surface area contributed by atoms with Gasteiger partial charge in [-0.2, -0.15) is 0 Å². The number of nitrogen functional groups attached to an aromatic ring is 1. The van der Waals surface area contributed by atoms with Gasteiger partial charge in [-0.25, -0.2) is 9.13 Å². The standard InChI is InChI=1S/C19H23N3O2/c1-3-21-16-9-5-6-10-17(16)22(19(21)20)12-15(23)13-24-18-11-7-4-8-14(18)2/h4-11,15,20,23H,3,12-13H2,1-2H3/p+1. The normalized spacial score (nSPS) is 12.5. The van der Waals surface area contributed by atoms with Gasteiger partial charge >= 0.3 is 5.95 Å². The van der Waals surface area contributed by atoms with E-state index in [0.717, 1.165) is 28.9 Å². The molecule has 0 spiro atoms. The lowest BCUT2D eigenvalue weighted by Gasteiger charge is -2.13. The van der Waals surface area contributed by atoms with Gasteiger partial charge in [0.25, 0.3) is 0 Å². The number of hydrogen-bond acceptors (Lipinski definition) is 3. The Kier molecular flexibility index (Phi) is 4.71. The van der Waals surface area contributed by atoms with Gasteiger partial charge in [-0.15, -0.1) is 0 Å². The Hall–Kier alpha value is -2.53. The Bertz CT molecular complexity index is 842. The molecule has 1 aromatic heterocycles. The van der Waals surface area contributed by atoms with Crippen LogP contribution in [0.3, 0.4) is 0 Å². The average Bonchev–Trinajstić information content (AvgIpc) is 2.86. The first-order valence-corrected chi connectivity index (χ1v) is 8.24. The molecule has 0 aliphatic heterocycles. The summed E-state index contributed by atoms with van der Waals surface area (Å²) in [6.07, 6.45) is -0.645. The van der Waals surface area contributed by atoms with Crippen LogP contribution in [0.1, 0.15) is 12.5 Å². The highest BCUT2D eigenvalue weighted by molar-refractivity contribution is 5.73. The highest BCUT2D eigenvalue weighted by atomic mass is 16.5.